The van der Waals surface area contributed by atoms with Crippen molar-refractivity contribution in [3.63, 3.8) is 0 Å². The SMILES string of the molecule is CCNC(=O)NC(=O)C(C)OC(=O)c1cccc(C)c1O. The fourth-order valence-electron chi connectivity index (χ4n) is 1.52. The van der Waals surface area contributed by atoms with E-state index in [1.165, 1.54) is 13.0 Å². The number of hydrogen-bond acceptors (Lipinski definition) is 5. The van der Waals surface area contributed by atoms with Crippen molar-refractivity contribution < 1.29 is 24.2 Å². The largest absolute Gasteiger partial charge is 0.507 e. The van der Waals surface area contributed by atoms with Crippen LogP contribution in [-0.4, -0.2) is 35.7 Å². The van der Waals surface area contributed by atoms with Gasteiger partial charge in [-0.05, 0) is 32.4 Å². The molecule has 0 heterocycles. The van der Waals surface area contributed by atoms with Crippen molar-refractivity contribution in [1.82, 2.24) is 10.6 Å². The van der Waals surface area contributed by atoms with Crippen LogP contribution in [0.15, 0.2) is 18.2 Å². The molecule has 1 rings (SSSR count). The third-order valence-electron chi connectivity index (χ3n) is 2.68. The van der Waals surface area contributed by atoms with Gasteiger partial charge in [0.1, 0.15) is 11.3 Å². The van der Waals surface area contributed by atoms with Gasteiger partial charge in [-0.3, -0.25) is 10.1 Å². The monoisotopic (exact) mass is 294 g/mol. The molecule has 1 aromatic carbocycles. The smallest absolute Gasteiger partial charge is 0.342 e. The van der Waals surface area contributed by atoms with Crippen molar-refractivity contribution in [1.29, 1.82) is 0 Å². The highest BCUT2D eigenvalue weighted by atomic mass is 16.5. The summed E-state index contributed by atoms with van der Waals surface area (Å²) in [5, 5.41) is 14.2. The van der Waals surface area contributed by atoms with Gasteiger partial charge in [-0.2, -0.15) is 0 Å². The summed E-state index contributed by atoms with van der Waals surface area (Å²) >= 11 is 0. The number of carbonyl (C=O) groups excluding carboxylic acids is 3. The number of benzene rings is 1. The number of ether oxygens (including phenoxy) is 1. The Kier molecular flexibility index (Phi) is 5.71. The number of carbonyl (C=O) groups is 3. The number of phenols is 1. The highest BCUT2D eigenvalue weighted by Gasteiger charge is 2.22. The summed E-state index contributed by atoms with van der Waals surface area (Å²) in [5.41, 5.74) is 0.483. The fourth-order valence-corrected chi connectivity index (χ4v) is 1.52. The first-order valence-corrected chi connectivity index (χ1v) is 6.45. The minimum absolute atomic E-state index is 0.0346. The van der Waals surface area contributed by atoms with Gasteiger partial charge in [0, 0.05) is 6.54 Å². The Morgan fingerprint density at radius 3 is 2.62 bits per heavy atom. The zero-order chi connectivity index (χ0) is 16.0. The lowest BCUT2D eigenvalue weighted by Crippen LogP contribution is -2.44. The Labute approximate surface area is 122 Å². The maximum absolute atomic E-state index is 11.9. The lowest BCUT2D eigenvalue weighted by molar-refractivity contribution is -0.127. The molecule has 7 nitrogen and oxygen atoms in total. The minimum Gasteiger partial charge on any atom is -0.507 e. The van der Waals surface area contributed by atoms with Gasteiger partial charge in [0.05, 0.1) is 0 Å². The van der Waals surface area contributed by atoms with E-state index >= 15 is 0 Å². The van der Waals surface area contributed by atoms with E-state index in [4.69, 9.17) is 4.74 Å². The molecule has 0 aromatic heterocycles. The van der Waals surface area contributed by atoms with Gasteiger partial charge in [0.2, 0.25) is 0 Å². The number of para-hydroxylation sites is 1. The van der Waals surface area contributed by atoms with E-state index in [0.717, 1.165) is 0 Å². The van der Waals surface area contributed by atoms with Crippen LogP contribution < -0.4 is 10.6 Å². The average molecular weight is 294 g/mol. The molecule has 0 saturated carbocycles. The zero-order valence-electron chi connectivity index (χ0n) is 12.1. The first-order chi connectivity index (χ1) is 9.86. The zero-order valence-corrected chi connectivity index (χ0v) is 12.1. The van der Waals surface area contributed by atoms with Crippen LogP contribution in [0.1, 0.15) is 29.8 Å². The van der Waals surface area contributed by atoms with Crippen LogP contribution in [-0.2, 0) is 9.53 Å². The number of phenolic OH excluding ortho intramolecular Hbond substituents is 1. The van der Waals surface area contributed by atoms with Crippen LogP contribution in [0.5, 0.6) is 5.75 Å². The maximum atomic E-state index is 11.9. The Bertz CT molecular complexity index is 556. The standard InChI is InChI=1S/C14H18N2O5/c1-4-15-14(20)16-12(18)9(3)21-13(19)10-7-5-6-8(2)11(10)17/h5-7,9,17H,4H2,1-3H3,(H2,15,16,18,20). The molecule has 3 amide bonds. The summed E-state index contributed by atoms with van der Waals surface area (Å²) in [6.07, 6.45) is -1.17. The molecular weight excluding hydrogens is 276 g/mol. The van der Waals surface area contributed by atoms with Crippen LogP contribution in [0.2, 0.25) is 0 Å². The molecule has 21 heavy (non-hydrogen) atoms. The van der Waals surface area contributed by atoms with Crippen molar-refractivity contribution in [2.24, 2.45) is 0 Å². The number of aryl methyl sites for hydroxylation is 1. The van der Waals surface area contributed by atoms with Gasteiger partial charge in [0.15, 0.2) is 6.10 Å². The predicted octanol–water partition coefficient (Wildman–Crippen LogP) is 1.09. The molecule has 3 N–H and O–H groups in total. The molecule has 0 fully saturated rings. The quantitative estimate of drug-likeness (QED) is 0.721. The highest BCUT2D eigenvalue weighted by molar-refractivity contribution is 5.99. The fraction of sp³-hybridized carbons (Fsp3) is 0.357. The summed E-state index contributed by atoms with van der Waals surface area (Å²) in [6.45, 7) is 5.04. The molecule has 0 radical (unpaired) electrons. The Morgan fingerprint density at radius 2 is 2.00 bits per heavy atom. The van der Waals surface area contributed by atoms with E-state index in [1.54, 1.807) is 26.0 Å². The summed E-state index contributed by atoms with van der Waals surface area (Å²) in [7, 11) is 0. The highest BCUT2D eigenvalue weighted by Crippen LogP contribution is 2.22. The molecule has 114 valence electrons. The van der Waals surface area contributed by atoms with Crippen LogP contribution in [0.3, 0.4) is 0 Å². The van der Waals surface area contributed by atoms with Crippen molar-refractivity contribution in [2.45, 2.75) is 26.9 Å². The lowest BCUT2D eigenvalue weighted by Gasteiger charge is -2.14. The molecule has 1 atom stereocenters. The van der Waals surface area contributed by atoms with Crippen molar-refractivity contribution in [3.8, 4) is 5.75 Å². The Balaban J connectivity index is 2.68. The summed E-state index contributed by atoms with van der Waals surface area (Å²) in [4.78, 5) is 34.7. The third kappa shape index (κ3) is 4.48. The lowest BCUT2D eigenvalue weighted by atomic mass is 10.1. The molecule has 1 aromatic rings. The second-order valence-corrected chi connectivity index (χ2v) is 4.37. The minimum atomic E-state index is -1.17. The first-order valence-electron chi connectivity index (χ1n) is 6.45. The molecule has 0 bridgehead atoms. The van der Waals surface area contributed by atoms with E-state index in [-0.39, 0.29) is 11.3 Å². The molecule has 0 aliphatic heterocycles. The number of esters is 1. The summed E-state index contributed by atoms with van der Waals surface area (Å²) in [5.74, 6) is -1.78. The van der Waals surface area contributed by atoms with Gasteiger partial charge in [0.25, 0.3) is 5.91 Å². The normalized spacial score (nSPS) is 11.4. The Hall–Kier alpha value is -2.57. The molecule has 0 aliphatic rings. The van der Waals surface area contributed by atoms with Crippen molar-refractivity contribution in [2.75, 3.05) is 6.54 Å². The Morgan fingerprint density at radius 1 is 1.33 bits per heavy atom. The number of urea groups is 1. The maximum Gasteiger partial charge on any atom is 0.342 e. The number of nitrogens with one attached hydrogen (secondary N) is 2. The van der Waals surface area contributed by atoms with Crippen LogP contribution >= 0.6 is 0 Å². The van der Waals surface area contributed by atoms with E-state index in [2.05, 4.69) is 5.32 Å². The second-order valence-electron chi connectivity index (χ2n) is 4.37. The predicted molar refractivity (Wildman–Crippen MR) is 74.9 cm³/mol. The average Bonchev–Trinajstić information content (AvgIpc) is 2.41. The van der Waals surface area contributed by atoms with Crippen molar-refractivity contribution in [3.05, 3.63) is 29.3 Å². The van der Waals surface area contributed by atoms with Crippen LogP contribution in [0, 0.1) is 6.92 Å². The van der Waals surface area contributed by atoms with Crippen LogP contribution in [0.4, 0.5) is 4.79 Å². The van der Waals surface area contributed by atoms with E-state index in [0.29, 0.717) is 12.1 Å². The summed E-state index contributed by atoms with van der Waals surface area (Å²) in [6, 6.07) is 3.95. The second kappa shape index (κ2) is 7.28. The van der Waals surface area contributed by atoms with Gasteiger partial charge in [-0.15, -0.1) is 0 Å². The number of amides is 3. The van der Waals surface area contributed by atoms with Gasteiger partial charge >= 0.3 is 12.0 Å². The molecule has 1 unspecified atom stereocenters. The molecule has 7 heteroatoms. The topological polar surface area (TPSA) is 105 Å². The molecule has 0 saturated heterocycles. The number of aromatic hydroxyl groups is 1. The van der Waals surface area contributed by atoms with Crippen LogP contribution in [0.25, 0.3) is 0 Å². The number of rotatable bonds is 4. The number of hydrogen-bond donors (Lipinski definition) is 3. The van der Waals surface area contributed by atoms with Crippen molar-refractivity contribution >= 4 is 17.9 Å². The molecule has 0 spiro atoms. The third-order valence-corrected chi connectivity index (χ3v) is 2.68. The van der Waals surface area contributed by atoms with E-state index in [1.807, 2.05) is 5.32 Å². The van der Waals surface area contributed by atoms with E-state index in [9.17, 15) is 19.5 Å². The summed E-state index contributed by atoms with van der Waals surface area (Å²) < 4.78 is 4.92. The molecule has 0 aliphatic carbocycles. The van der Waals surface area contributed by atoms with Gasteiger partial charge in [-0.1, -0.05) is 12.1 Å². The van der Waals surface area contributed by atoms with Gasteiger partial charge < -0.3 is 15.2 Å². The first kappa shape index (κ1) is 16.5. The van der Waals surface area contributed by atoms with E-state index < -0.39 is 24.0 Å². The van der Waals surface area contributed by atoms with Gasteiger partial charge in [-0.25, -0.2) is 9.59 Å². The number of imide groups is 1. The molecular formula is C14H18N2O5.